The largest absolute Gasteiger partial charge is 0.495 e. The summed E-state index contributed by atoms with van der Waals surface area (Å²) in [5, 5.41) is 3.58. The number of methoxy groups -OCH3 is 1. The fourth-order valence-corrected chi connectivity index (χ4v) is 3.78. The van der Waals surface area contributed by atoms with Crippen LogP contribution in [0.15, 0.2) is 21.1 Å². The van der Waals surface area contributed by atoms with Crippen molar-refractivity contribution in [2.24, 2.45) is 11.7 Å². The Bertz CT molecular complexity index is 426. The summed E-state index contributed by atoms with van der Waals surface area (Å²) < 4.78 is 7.31. The molecule has 0 radical (unpaired) electrons. The molecule has 1 fully saturated rings. The van der Waals surface area contributed by atoms with E-state index < -0.39 is 0 Å². The molecule has 5 heteroatoms. The molecule has 0 heterocycles. The first-order valence-electron chi connectivity index (χ1n) is 6.15. The summed E-state index contributed by atoms with van der Waals surface area (Å²) in [4.78, 5) is 0. The molecule has 3 nitrogen and oxygen atoms in total. The molecule has 0 bridgehead atoms. The van der Waals surface area contributed by atoms with Crippen LogP contribution in [0.4, 0.5) is 5.69 Å². The monoisotopic (exact) mass is 376 g/mol. The molecule has 100 valence electrons. The van der Waals surface area contributed by atoms with Gasteiger partial charge in [0.05, 0.1) is 17.3 Å². The van der Waals surface area contributed by atoms with Gasteiger partial charge in [0.15, 0.2) is 0 Å². The molecule has 0 spiro atoms. The van der Waals surface area contributed by atoms with Gasteiger partial charge >= 0.3 is 0 Å². The van der Waals surface area contributed by atoms with E-state index in [1.54, 1.807) is 7.11 Å². The number of nitrogens with one attached hydrogen (secondary N) is 1. The third kappa shape index (κ3) is 3.00. The van der Waals surface area contributed by atoms with E-state index in [2.05, 4.69) is 37.2 Å². The van der Waals surface area contributed by atoms with Crippen LogP contribution in [0.5, 0.6) is 5.75 Å². The summed E-state index contributed by atoms with van der Waals surface area (Å²) in [6, 6.07) is 4.49. The SMILES string of the molecule is COc1cc(NC2CCCC2CN)c(Br)cc1Br. The van der Waals surface area contributed by atoms with Crippen LogP contribution in [0, 0.1) is 5.92 Å². The third-order valence-corrected chi connectivity index (χ3v) is 4.82. The van der Waals surface area contributed by atoms with Crippen molar-refractivity contribution in [3.05, 3.63) is 21.1 Å². The molecule has 1 aromatic carbocycles. The van der Waals surface area contributed by atoms with Crippen LogP contribution in [0.3, 0.4) is 0 Å². The Hall–Kier alpha value is -0.260. The zero-order valence-electron chi connectivity index (χ0n) is 10.4. The summed E-state index contributed by atoms with van der Waals surface area (Å²) in [5.74, 6) is 1.41. The van der Waals surface area contributed by atoms with Crippen LogP contribution >= 0.6 is 31.9 Å². The third-order valence-electron chi connectivity index (χ3n) is 3.54. The van der Waals surface area contributed by atoms with Gasteiger partial charge in [0.2, 0.25) is 0 Å². The van der Waals surface area contributed by atoms with Gasteiger partial charge < -0.3 is 15.8 Å². The average Bonchev–Trinajstić information content (AvgIpc) is 2.79. The number of hydrogen-bond acceptors (Lipinski definition) is 3. The maximum absolute atomic E-state index is 5.81. The van der Waals surface area contributed by atoms with Crippen LogP contribution in [0.1, 0.15) is 19.3 Å². The van der Waals surface area contributed by atoms with Crippen molar-refractivity contribution >= 4 is 37.5 Å². The van der Waals surface area contributed by atoms with Gasteiger partial charge in [-0.25, -0.2) is 0 Å². The van der Waals surface area contributed by atoms with Gasteiger partial charge in [-0.1, -0.05) is 6.42 Å². The number of benzene rings is 1. The Morgan fingerprint density at radius 2 is 2.11 bits per heavy atom. The number of ether oxygens (including phenoxy) is 1. The number of nitrogens with two attached hydrogens (primary N) is 1. The minimum Gasteiger partial charge on any atom is -0.495 e. The highest BCUT2D eigenvalue weighted by Crippen LogP contribution is 2.37. The van der Waals surface area contributed by atoms with E-state index in [1.807, 2.05) is 12.1 Å². The highest BCUT2D eigenvalue weighted by Gasteiger charge is 2.26. The van der Waals surface area contributed by atoms with E-state index in [4.69, 9.17) is 10.5 Å². The molecule has 2 atom stereocenters. The number of anilines is 1. The quantitative estimate of drug-likeness (QED) is 0.839. The van der Waals surface area contributed by atoms with Crippen LogP contribution < -0.4 is 15.8 Å². The minimum absolute atomic E-state index is 0.470. The average molecular weight is 378 g/mol. The molecule has 1 saturated carbocycles. The first-order chi connectivity index (χ1) is 8.65. The van der Waals surface area contributed by atoms with Gasteiger partial charge in [0.1, 0.15) is 5.75 Å². The molecule has 0 amide bonds. The van der Waals surface area contributed by atoms with Crippen molar-refractivity contribution in [1.29, 1.82) is 0 Å². The molecule has 0 saturated heterocycles. The van der Waals surface area contributed by atoms with Crippen molar-refractivity contribution in [2.75, 3.05) is 19.0 Å². The second-order valence-electron chi connectivity index (χ2n) is 4.64. The van der Waals surface area contributed by atoms with Crippen LogP contribution in [-0.2, 0) is 0 Å². The van der Waals surface area contributed by atoms with Crippen LogP contribution in [-0.4, -0.2) is 19.7 Å². The second-order valence-corrected chi connectivity index (χ2v) is 6.35. The molecule has 1 aromatic rings. The van der Waals surface area contributed by atoms with Gasteiger partial charge in [0, 0.05) is 16.6 Å². The predicted molar refractivity (Wildman–Crippen MR) is 82.2 cm³/mol. The van der Waals surface area contributed by atoms with Crippen molar-refractivity contribution in [3.8, 4) is 5.75 Å². The first-order valence-corrected chi connectivity index (χ1v) is 7.74. The van der Waals surface area contributed by atoms with E-state index in [1.165, 1.54) is 19.3 Å². The van der Waals surface area contributed by atoms with E-state index in [-0.39, 0.29) is 0 Å². The van der Waals surface area contributed by atoms with Crippen LogP contribution in [0.25, 0.3) is 0 Å². The topological polar surface area (TPSA) is 47.3 Å². The maximum Gasteiger partial charge on any atom is 0.135 e. The van der Waals surface area contributed by atoms with Gasteiger partial charge in [0.25, 0.3) is 0 Å². The number of hydrogen-bond donors (Lipinski definition) is 2. The fraction of sp³-hybridized carbons (Fsp3) is 0.538. The Labute approximate surface area is 125 Å². The lowest BCUT2D eigenvalue weighted by Gasteiger charge is -2.22. The first kappa shape index (κ1) is 14.2. The van der Waals surface area contributed by atoms with E-state index in [0.29, 0.717) is 12.0 Å². The van der Waals surface area contributed by atoms with Gasteiger partial charge in [-0.05, 0) is 63.2 Å². The Morgan fingerprint density at radius 3 is 2.78 bits per heavy atom. The number of rotatable bonds is 4. The zero-order chi connectivity index (χ0) is 13.1. The van der Waals surface area contributed by atoms with E-state index >= 15 is 0 Å². The molecule has 2 rings (SSSR count). The van der Waals surface area contributed by atoms with Crippen LogP contribution in [0.2, 0.25) is 0 Å². The lowest BCUT2D eigenvalue weighted by atomic mass is 10.0. The number of halogens is 2. The molecule has 0 aromatic heterocycles. The zero-order valence-corrected chi connectivity index (χ0v) is 13.6. The Balaban J connectivity index is 2.18. The van der Waals surface area contributed by atoms with Crippen molar-refractivity contribution in [2.45, 2.75) is 25.3 Å². The standard InChI is InChI=1S/C13H18Br2N2O/c1-18-13-6-12(9(14)5-10(13)15)17-11-4-2-3-8(11)7-16/h5-6,8,11,17H,2-4,7,16H2,1H3. The molecular formula is C13H18Br2N2O. The summed E-state index contributed by atoms with van der Waals surface area (Å²) >= 11 is 7.06. The molecule has 0 aliphatic heterocycles. The van der Waals surface area contributed by atoms with Gasteiger partial charge in [-0.3, -0.25) is 0 Å². The summed E-state index contributed by atoms with van der Waals surface area (Å²) in [6.07, 6.45) is 3.66. The summed E-state index contributed by atoms with van der Waals surface area (Å²) in [6.45, 7) is 0.753. The van der Waals surface area contributed by atoms with Gasteiger partial charge in [-0.2, -0.15) is 0 Å². The van der Waals surface area contributed by atoms with Gasteiger partial charge in [-0.15, -0.1) is 0 Å². The molecule has 18 heavy (non-hydrogen) atoms. The summed E-state index contributed by atoms with van der Waals surface area (Å²) in [7, 11) is 1.68. The molecule has 3 N–H and O–H groups in total. The smallest absolute Gasteiger partial charge is 0.135 e. The minimum atomic E-state index is 0.470. The van der Waals surface area contributed by atoms with Crippen molar-refractivity contribution in [1.82, 2.24) is 0 Å². The molecule has 1 aliphatic carbocycles. The maximum atomic E-state index is 5.81. The lowest BCUT2D eigenvalue weighted by Crippen LogP contribution is -2.29. The van der Waals surface area contributed by atoms with E-state index in [9.17, 15) is 0 Å². The molecular weight excluding hydrogens is 360 g/mol. The highest BCUT2D eigenvalue weighted by molar-refractivity contribution is 9.11. The Morgan fingerprint density at radius 1 is 1.33 bits per heavy atom. The predicted octanol–water partition coefficient (Wildman–Crippen LogP) is 3.76. The van der Waals surface area contributed by atoms with E-state index in [0.717, 1.165) is 26.9 Å². The normalized spacial score (nSPS) is 23.1. The summed E-state index contributed by atoms with van der Waals surface area (Å²) in [5.41, 5.74) is 6.88. The molecule has 2 unspecified atom stereocenters. The fourth-order valence-electron chi connectivity index (χ4n) is 2.50. The lowest BCUT2D eigenvalue weighted by molar-refractivity contribution is 0.412. The Kier molecular flexibility index (Phi) is 4.92. The van der Waals surface area contributed by atoms with Crippen molar-refractivity contribution < 1.29 is 4.74 Å². The van der Waals surface area contributed by atoms with Crippen molar-refractivity contribution in [3.63, 3.8) is 0 Å². The second kappa shape index (κ2) is 6.26. The molecule has 1 aliphatic rings. The highest BCUT2D eigenvalue weighted by atomic mass is 79.9.